The van der Waals surface area contributed by atoms with E-state index in [0.717, 1.165) is 11.1 Å². The molecule has 120 valence electrons. The van der Waals surface area contributed by atoms with E-state index in [9.17, 15) is 5.11 Å². The minimum atomic E-state index is -0.690. The van der Waals surface area contributed by atoms with Gasteiger partial charge >= 0.3 is 0 Å². The third-order valence-electron chi connectivity index (χ3n) is 3.00. The summed E-state index contributed by atoms with van der Waals surface area (Å²) in [6.07, 6.45) is -0.690. The smallest absolute Gasteiger partial charge is 0.256 e. The maximum atomic E-state index is 10.0. The molecule has 3 aromatic rings. The summed E-state index contributed by atoms with van der Waals surface area (Å²) in [5, 5.41) is 11.5. The molecule has 0 bridgehead atoms. The summed E-state index contributed by atoms with van der Waals surface area (Å²) in [5.41, 5.74) is 1.53. The van der Waals surface area contributed by atoms with Crippen LogP contribution in [0.4, 0.5) is 0 Å². The Morgan fingerprint density at radius 1 is 1.22 bits per heavy atom. The van der Waals surface area contributed by atoms with E-state index in [2.05, 4.69) is 4.98 Å². The van der Waals surface area contributed by atoms with Crippen molar-refractivity contribution in [2.75, 3.05) is 12.4 Å². The molecule has 1 atom stereocenters. The minimum Gasteiger partial charge on any atom is -0.489 e. The number of oxazole rings is 1. The fraction of sp³-hybridized carbons (Fsp3) is 0.188. The summed E-state index contributed by atoms with van der Waals surface area (Å²) in [4.78, 5) is 4.33. The van der Waals surface area contributed by atoms with Gasteiger partial charge in [-0.15, -0.1) is 0 Å². The molecule has 23 heavy (non-hydrogen) atoms. The molecule has 0 fully saturated rings. The molecule has 0 radical (unpaired) electrons. The van der Waals surface area contributed by atoms with E-state index in [1.54, 1.807) is 18.2 Å². The number of hydrogen-bond donors (Lipinski definition) is 1. The summed E-state index contributed by atoms with van der Waals surface area (Å²) in [5.74, 6) is 0.843. The highest BCUT2D eigenvalue weighted by molar-refractivity contribution is 7.99. The molecule has 4 nitrogen and oxygen atoms in total. The number of ether oxygens (including phenoxy) is 1. The van der Waals surface area contributed by atoms with Crippen molar-refractivity contribution >= 4 is 46.1 Å². The van der Waals surface area contributed by atoms with Gasteiger partial charge in [0, 0.05) is 16.8 Å². The molecule has 0 aliphatic rings. The number of halogens is 2. The molecule has 1 N–H and O–H groups in total. The zero-order valence-electron chi connectivity index (χ0n) is 11.9. The first kappa shape index (κ1) is 16.5. The SMILES string of the molecule is O[C@@H](COc1cc(Cl)ccc1Cl)CSc1nc2ccccc2o1. The highest BCUT2D eigenvalue weighted by Gasteiger charge is 2.12. The van der Waals surface area contributed by atoms with Crippen LogP contribution in [0.5, 0.6) is 5.75 Å². The predicted octanol–water partition coefficient (Wildman–Crippen LogP) is 4.67. The molecule has 0 saturated carbocycles. The highest BCUT2D eigenvalue weighted by Crippen LogP contribution is 2.28. The zero-order valence-corrected chi connectivity index (χ0v) is 14.2. The second-order valence-corrected chi connectivity index (χ2v) is 6.61. The molecule has 3 rings (SSSR count). The van der Waals surface area contributed by atoms with Crippen LogP contribution in [0.25, 0.3) is 11.1 Å². The van der Waals surface area contributed by atoms with Gasteiger partial charge in [-0.2, -0.15) is 0 Å². The zero-order chi connectivity index (χ0) is 16.2. The lowest BCUT2D eigenvalue weighted by atomic mass is 10.3. The van der Waals surface area contributed by atoms with Crippen molar-refractivity contribution < 1.29 is 14.3 Å². The van der Waals surface area contributed by atoms with Gasteiger partial charge in [0.1, 0.15) is 17.9 Å². The fourth-order valence-corrected chi connectivity index (χ4v) is 2.98. The molecule has 0 amide bonds. The average Bonchev–Trinajstić information content (AvgIpc) is 2.96. The molecule has 1 aromatic heterocycles. The first-order valence-corrected chi connectivity index (χ1v) is 8.60. The summed E-state index contributed by atoms with van der Waals surface area (Å²) < 4.78 is 11.1. The lowest BCUT2D eigenvalue weighted by Gasteiger charge is -2.12. The maximum Gasteiger partial charge on any atom is 0.256 e. The summed E-state index contributed by atoms with van der Waals surface area (Å²) >= 11 is 13.2. The second kappa shape index (κ2) is 7.45. The maximum absolute atomic E-state index is 10.0. The van der Waals surface area contributed by atoms with Crippen LogP contribution in [-0.2, 0) is 0 Å². The summed E-state index contributed by atoms with van der Waals surface area (Å²) in [6, 6.07) is 12.5. The molecule has 0 saturated heterocycles. The topological polar surface area (TPSA) is 55.5 Å². The number of aliphatic hydroxyl groups is 1. The van der Waals surface area contributed by atoms with Crippen molar-refractivity contribution in [2.24, 2.45) is 0 Å². The van der Waals surface area contributed by atoms with Gasteiger partial charge < -0.3 is 14.3 Å². The molecule has 2 aromatic carbocycles. The van der Waals surface area contributed by atoms with Crippen molar-refractivity contribution in [3.05, 3.63) is 52.5 Å². The Hall–Kier alpha value is -1.40. The number of para-hydroxylation sites is 2. The molecule has 1 heterocycles. The van der Waals surface area contributed by atoms with Gasteiger partial charge in [0.25, 0.3) is 5.22 Å². The van der Waals surface area contributed by atoms with Gasteiger partial charge in [0.05, 0.1) is 11.1 Å². The van der Waals surface area contributed by atoms with E-state index < -0.39 is 6.10 Å². The Balaban J connectivity index is 1.53. The van der Waals surface area contributed by atoms with E-state index in [-0.39, 0.29) is 6.61 Å². The third-order valence-corrected chi connectivity index (χ3v) is 4.52. The number of thioether (sulfide) groups is 1. The number of aromatic nitrogens is 1. The Labute approximate surface area is 147 Å². The Kier molecular flexibility index (Phi) is 5.33. The van der Waals surface area contributed by atoms with Gasteiger partial charge in [-0.05, 0) is 24.3 Å². The molecule has 0 spiro atoms. The molecule has 7 heteroatoms. The van der Waals surface area contributed by atoms with Gasteiger partial charge in [0.15, 0.2) is 5.58 Å². The first-order chi connectivity index (χ1) is 11.1. The average molecular weight is 370 g/mol. The van der Waals surface area contributed by atoms with Gasteiger partial charge in [-0.25, -0.2) is 4.98 Å². The Morgan fingerprint density at radius 3 is 2.87 bits per heavy atom. The molecule has 0 unspecified atom stereocenters. The van der Waals surface area contributed by atoms with E-state index in [1.807, 2.05) is 24.3 Å². The van der Waals surface area contributed by atoms with Crippen LogP contribution >= 0.6 is 35.0 Å². The lowest BCUT2D eigenvalue weighted by Crippen LogP contribution is -2.20. The highest BCUT2D eigenvalue weighted by atomic mass is 35.5. The van der Waals surface area contributed by atoms with Gasteiger partial charge in [-0.3, -0.25) is 0 Å². The van der Waals surface area contributed by atoms with E-state index in [1.165, 1.54) is 11.8 Å². The number of fused-ring (bicyclic) bond motifs is 1. The molecular weight excluding hydrogens is 357 g/mol. The van der Waals surface area contributed by atoms with Crippen molar-refractivity contribution in [2.45, 2.75) is 11.3 Å². The van der Waals surface area contributed by atoms with E-state index in [0.29, 0.717) is 26.8 Å². The standard InChI is InChI=1S/C16H13Cl2NO3S/c17-10-5-6-12(18)15(7-10)21-8-11(20)9-23-16-19-13-3-1-2-4-14(13)22-16/h1-7,11,20H,8-9H2/t11-/m0/s1. The quantitative estimate of drug-likeness (QED) is 0.640. The first-order valence-electron chi connectivity index (χ1n) is 6.86. The number of benzene rings is 2. The van der Waals surface area contributed by atoms with Gasteiger partial charge in [-0.1, -0.05) is 47.1 Å². The summed E-state index contributed by atoms with van der Waals surface area (Å²) in [6.45, 7) is 0.104. The van der Waals surface area contributed by atoms with Crippen molar-refractivity contribution in [1.29, 1.82) is 0 Å². The van der Waals surface area contributed by atoms with Crippen LogP contribution in [0.1, 0.15) is 0 Å². The monoisotopic (exact) mass is 369 g/mol. The molecule has 0 aliphatic carbocycles. The van der Waals surface area contributed by atoms with Crippen LogP contribution in [-0.4, -0.2) is 28.6 Å². The third kappa shape index (κ3) is 4.32. The van der Waals surface area contributed by atoms with Crippen molar-refractivity contribution in [1.82, 2.24) is 4.98 Å². The second-order valence-electron chi connectivity index (χ2n) is 4.80. The minimum absolute atomic E-state index is 0.104. The number of aliphatic hydroxyl groups excluding tert-OH is 1. The summed E-state index contributed by atoms with van der Waals surface area (Å²) in [7, 11) is 0. The molecule has 0 aliphatic heterocycles. The lowest BCUT2D eigenvalue weighted by molar-refractivity contribution is 0.126. The normalized spacial score (nSPS) is 12.5. The molecular formula is C16H13Cl2NO3S. The fourth-order valence-electron chi connectivity index (χ4n) is 1.90. The van der Waals surface area contributed by atoms with Crippen LogP contribution in [0.15, 0.2) is 52.1 Å². The van der Waals surface area contributed by atoms with Crippen LogP contribution in [0, 0.1) is 0 Å². The predicted molar refractivity (Wildman–Crippen MR) is 92.7 cm³/mol. The van der Waals surface area contributed by atoms with Crippen LogP contribution < -0.4 is 4.74 Å². The van der Waals surface area contributed by atoms with Crippen molar-refractivity contribution in [3.8, 4) is 5.75 Å². The van der Waals surface area contributed by atoms with E-state index >= 15 is 0 Å². The van der Waals surface area contributed by atoms with Gasteiger partial charge in [0.2, 0.25) is 0 Å². The largest absolute Gasteiger partial charge is 0.489 e. The van der Waals surface area contributed by atoms with Crippen LogP contribution in [0.3, 0.4) is 0 Å². The van der Waals surface area contributed by atoms with Crippen LogP contribution in [0.2, 0.25) is 10.0 Å². The Bertz CT molecular complexity index is 776. The number of rotatable bonds is 6. The Morgan fingerprint density at radius 2 is 2.04 bits per heavy atom. The van der Waals surface area contributed by atoms with E-state index in [4.69, 9.17) is 32.4 Å². The number of nitrogens with zero attached hydrogens (tertiary/aromatic N) is 1. The number of hydrogen-bond acceptors (Lipinski definition) is 5. The van der Waals surface area contributed by atoms with Crippen molar-refractivity contribution in [3.63, 3.8) is 0 Å².